The van der Waals surface area contributed by atoms with Crippen LogP contribution in [0.1, 0.15) is 72.0 Å². The zero-order valence-electron chi connectivity index (χ0n) is 34.2. The van der Waals surface area contributed by atoms with Crippen molar-refractivity contribution in [3.63, 3.8) is 0 Å². The molecular formula is C41H47F5N12O5. The Kier molecular flexibility index (Phi) is 12.6. The number of piperazine rings is 1. The standard InChI is InChI=1S/C41H47F5N12O5/c42-29-18-28(19-30(43)36(29)57-12-8-34(59)52-40(57)62)55-10-6-24(7-11-55)20-54-13-15-56(16-14-54)26-1-3-27(4-2-26)58-21-31(35(53-58)37(47)60)50-38(61)32-22-63-39(51-32)25-5-9-48-33(17-25)49-23-41(44,45)46/h5,9,17-19,21-22,24,26-27H,1-4,6-8,10-16,20,23H2,(H2,47,60)(H,48,49)(H,50,61)(H,52,59,62). The van der Waals surface area contributed by atoms with Gasteiger partial charge in [-0.2, -0.15) is 18.3 Å². The number of carbonyl (C=O) groups is 4. The Labute approximate surface area is 358 Å². The fraction of sp³-hybridized carbons (Fsp3) is 0.488. The van der Waals surface area contributed by atoms with Gasteiger partial charge in [0.1, 0.15) is 24.3 Å². The van der Waals surface area contributed by atoms with Crippen LogP contribution in [-0.4, -0.2) is 124 Å². The number of alkyl halides is 3. The largest absolute Gasteiger partial charge is 0.444 e. The van der Waals surface area contributed by atoms with E-state index in [0.717, 1.165) is 82.4 Å². The summed E-state index contributed by atoms with van der Waals surface area (Å²) in [6.45, 7) is 4.65. The number of oxazole rings is 1. The fourth-order valence-corrected chi connectivity index (χ4v) is 8.91. The molecule has 336 valence electrons. The number of hydrogen-bond donors (Lipinski definition) is 4. The van der Waals surface area contributed by atoms with Crippen LogP contribution in [0.15, 0.2) is 47.3 Å². The number of nitrogens with zero attached hydrogens (tertiary/aromatic N) is 8. The van der Waals surface area contributed by atoms with E-state index < -0.39 is 53.8 Å². The van der Waals surface area contributed by atoms with Crippen LogP contribution in [0.4, 0.5) is 49.6 Å². The number of nitrogens with two attached hydrogens (primary N) is 1. The smallest absolute Gasteiger partial charge is 0.405 e. The van der Waals surface area contributed by atoms with Gasteiger partial charge in [-0.3, -0.25) is 34.2 Å². The van der Waals surface area contributed by atoms with Crippen molar-refractivity contribution in [3.05, 3.63) is 65.9 Å². The van der Waals surface area contributed by atoms with Crippen LogP contribution < -0.4 is 31.5 Å². The lowest BCUT2D eigenvalue weighted by molar-refractivity contribution is -0.120. The number of carbonyl (C=O) groups excluding carboxylic acids is 4. The second-order valence-electron chi connectivity index (χ2n) is 16.4. The Bertz CT molecular complexity index is 2310. The molecule has 1 saturated carbocycles. The lowest BCUT2D eigenvalue weighted by Crippen LogP contribution is -2.52. The maximum Gasteiger partial charge on any atom is 0.405 e. The van der Waals surface area contributed by atoms with E-state index in [0.29, 0.717) is 36.3 Å². The number of nitrogens with one attached hydrogen (secondary N) is 3. The molecule has 5 N–H and O–H groups in total. The number of pyridine rings is 1. The minimum Gasteiger partial charge on any atom is -0.444 e. The molecule has 4 fully saturated rings. The number of rotatable bonds is 12. The molecule has 5 amide bonds. The zero-order valence-corrected chi connectivity index (χ0v) is 34.2. The Hall–Kier alpha value is -6.16. The van der Waals surface area contributed by atoms with Crippen molar-refractivity contribution >= 4 is 46.6 Å². The Morgan fingerprint density at radius 3 is 2.29 bits per heavy atom. The maximum atomic E-state index is 15.1. The number of imide groups is 1. The maximum absolute atomic E-state index is 15.1. The molecule has 0 radical (unpaired) electrons. The van der Waals surface area contributed by atoms with Gasteiger partial charge in [0, 0.05) is 88.5 Å². The summed E-state index contributed by atoms with van der Waals surface area (Å²) in [7, 11) is 0. The van der Waals surface area contributed by atoms with Gasteiger partial charge in [-0.15, -0.1) is 0 Å². The summed E-state index contributed by atoms with van der Waals surface area (Å²) in [6.07, 6.45) is 4.71. The number of urea groups is 1. The Morgan fingerprint density at radius 1 is 0.921 bits per heavy atom. The number of hydrogen-bond acceptors (Lipinski definition) is 12. The third-order valence-electron chi connectivity index (χ3n) is 12.2. The van der Waals surface area contributed by atoms with Gasteiger partial charge in [-0.25, -0.2) is 23.5 Å². The lowest BCUT2D eigenvalue weighted by Gasteiger charge is -2.43. The van der Waals surface area contributed by atoms with Gasteiger partial charge in [-0.1, -0.05) is 0 Å². The molecule has 22 heteroatoms. The highest BCUT2D eigenvalue weighted by Gasteiger charge is 2.34. The number of piperidine rings is 1. The lowest BCUT2D eigenvalue weighted by atomic mass is 9.89. The summed E-state index contributed by atoms with van der Waals surface area (Å²) in [5.74, 6) is -3.30. The summed E-state index contributed by atoms with van der Waals surface area (Å²) in [5, 5.41) is 11.4. The topological polar surface area (TPSA) is 200 Å². The van der Waals surface area contributed by atoms with Crippen molar-refractivity contribution in [2.24, 2.45) is 11.7 Å². The van der Waals surface area contributed by atoms with Crippen molar-refractivity contribution in [3.8, 4) is 11.5 Å². The van der Waals surface area contributed by atoms with Gasteiger partial charge in [0.25, 0.3) is 11.8 Å². The number of aromatic nitrogens is 4. The molecule has 17 nitrogen and oxygen atoms in total. The van der Waals surface area contributed by atoms with Gasteiger partial charge >= 0.3 is 12.2 Å². The normalized spacial score (nSPS) is 20.8. The highest BCUT2D eigenvalue weighted by atomic mass is 19.4. The predicted octanol–water partition coefficient (Wildman–Crippen LogP) is 5.00. The Balaban J connectivity index is 0.783. The van der Waals surface area contributed by atoms with E-state index in [2.05, 4.69) is 40.8 Å². The van der Waals surface area contributed by atoms with Crippen LogP contribution in [0, 0.1) is 17.6 Å². The number of anilines is 4. The summed E-state index contributed by atoms with van der Waals surface area (Å²) in [6, 6.07) is 4.84. The molecule has 0 spiro atoms. The van der Waals surface area contributed by atoms with Gasteiger partial charge in [0.05, 0.1) is 11.7 Å². The SMILES string of the molecule is NC(=O)c1nn(C2CCC(N3CCN(CC4CCN(c5cc(F)c(N6CCC(=O)NC6=O)c(F)c5)CC4)CC3)CC2)cc1NC(=O)c1coc(-c2ccnc(NCC(F)(F)F)c2)n1. The van der Waals surface area contributed by atoms with Crippen molar-refractivity contribution in [1.29, 1.82) is 0 Å². The number of halogens is 5. The van der Waals surface area contributed by atoms with E-state index in [1.54, 1.807) is 10.9 Å². The first-order valence-corrected chi connectivity index (χ1v) is 20.9. The highest BCUT2D eigenvalue weighted by Crippen LogP contribution is 2.35. The van der Waals surface area contributed by atoms with Crippen molar-refractivity contribution in [1.82, 2.24) is 34.9 Å². The molecule has 4 aliphatic rings. The number of benzene rings is 1. The molecule has 0 unspecified atom stereocenters. The summed E-state index contributed by atoms with van der Waals surface area (Å²) in [4.78, 5) is 65.2. The first-order chi connectivity index (χ1) is 30.2. The van der Waals surface area contributed by atoms with Gasteiger partial charge < -0.3 is 30.6 Å². The average Bonchev–Trinajstić information content (AvgIpc) is 3.93. The van der Waals surface area contributed by atoms with Gasteiger partial charge in [0.2, 0.25) is 11.8 Å². The van der Waals surface area contributed by atoms with Crippen LogP contribution in [0.3, 0.4) is 0 Å². The molecule has 0 bridgehead atoms. The molecule has 1 aromatic carbocycles. The van der Waals surface area contributed by atoms with Crippen molar-refractivity contribution in [2.75, 3.05) is 79.3 Å². The van der Waals surface area contributed by atoms with Crippen LogP contribution in [0.2, 0.25) is 0 Å². The predicted molar refractivity (Wildman–Crippen MR) is 219 cm³/mol. The fourth-order valence-electron chi connectivity index (χ4n) is 8.91. The average molecular weight is 883 g/mol. The van der Waals surface area contributed by atoms with Crippen LogP contribution in [0.5, 0.6) is 0 Å². The molecule has 63 heavy (non-hydrogen) atoms. The first kappa shape index (κ1) is 43.5. The van der Waals surface area contributed by atoms with Crippen LogP contribution in [-0.2, 0) is 4.79 Å². The second kappa shape index (κ2) is 18.3. The molecule has 1 aliphatic carbocycles. The quantitative estimate of drug-likeness (QED) is 0.139. The van der Waals surface area contributed by atoms with Crippen molar-refractivity contribution < 1.29 is 45.5 Å². The Morgan fingerprint density at radius 2 is 1.62 bits per heavy atom. The van der Waals surface area contributed by atoms with Crippen LogP contribution in [0.25, 0.3) is 11.5 Å². The van der Waals surface area contributed by atoms with E-state index in [1.165, 1.54) is 30.5 Å². The van der Waals surface area contributed by atoms with E-state index in [-0.39, 0.29) is 47.8 Å². The molecule has 8 rings (SSSR count). The third kappa shape index (κ3) is 10.2. The minimum atomic E-state index is -4.44. The van der Waals surface area contributed by atoms with E-state index in [1.807, 2.05) is 4.90 Å². The third-order valence-corrected chi connectivity index (χ3v) is 12.2. The van der Waals surface area contributed by atoms with E-state index in [4.69, 9.17) is 10.2 Å². The van der Waals surface area contributed by atoms with Crippen LogP contribution >= 0.6 is 0 Å². The molecule has 0 atom stereocenters. The molecule has 3 saturated heterocycles. The van der Waals surface area contributed by atoms with Crippen molar-refractivity contribution in [2.45, 2.75) is 63.2 Å². The van der Waals surface area contributed by atoms with E-state index >= 15 is 8.78 Å². The molecule has 6 heterocycles. The first-order valence-electron chi connectivity index (χ1n) is 20.9. The van der Waals surface area contributed by atoms with Gasteiger partial charge in [0.15, 0.2) is 23.0 Å². The monoisotopic (exact) mass is 882 g/mol. The summed E-state index contributed by atoms with van der Waals surface area (Å²) < 4.78 is 75.3. The number of amides is 5. The number of primary amides is 1. The molecule has 3 aromatic heterocycles. The molecular weight excluding hydrogens is 836 g/mol. The zero-order chi connectivity index (χ0) is 44.4. The second-order valence-corrected chi connectivity index (χ2v) is 16.4. The van der Waals surface area contributed by atoms with Gasteiger partial charge in [-0.05, 0) is 68.7 Å². The summed E-state index contributed by atoms with van der Waals surface area (Å²) >= 11 is 0. The minimum absolute atomic E-state index is 0.0170. The highest BCUT2D eigenvalue weighted by molar-refractivity contribution is 6.07. The van der Waals surface area contributed by atoms with E-state index in [9.17, 15) is 32.3 Å². The molecule has 3 aliphatic heterocycles. The summed E-state index contributed by atoms with van der Waals surface area (Å²) in [5.41, 5.74) is 5.79. The molecule has 4 aromatic rings.